The first-order chi connectivity index (χ1) is 14.9. The number of rotatable bonds is 10. The predicted octanol–water partition coefficient (Wildman–Crippen LogP) is 2.04. The summed E-state index contributed by atoms with van der Waals surface area (Å²) < 4.78 is 5.22. The third-order valence-corrected chi connectivity index (χ3v) is 4.57. The molecule has 0 aliphatic carbocycles. The van der Waals surface area contributed by atoms with Gasteiger partial charge < -0.3 is 21.1 Å². The van der Waals surface area contributed by atoms with Gasteiger partial charge in [-0.2, -0.15) is 5.26 Å². The van der Waals surface area contributed by atoms with E-state index in [1.165, 1.54) is 0 Å². The number of alkyl carbamates (subject to hydrolysis) is 1. The van der Waals surface area contributed by atoms with Crippen molar-refractivity contribution in [1.82, 2.24) is 10.6 Å². The molecular weight excluding hydrogens is 396 g/mol. The Hall–Kier alpha value is -3.86. The smallest absolute Gasteiger partial charge is 0.408 e. The molecule has 0 aliphatic rings. The summed E-state index contributed by atoms with van der Waals surface area (Å²) in [6.07, 6.45) is -0.499. The van der Waals surface area contributed by atoms with Gasteiger partial charge in [0.15, 0.2) is 0 Å². The van der Waals surface area contributed by atoms with Gasteiger partial charge in [-0.1, -0.05) is 60.7 Å². The summed E-state index contributed by atoms with van der Waals surface area (Å²) in [6.45, 7) is 1.68. The van der Waals surface area contributed by atoms with Crippen LogP contribution in [0.2, 0.25) is 0 Å². The van der Waals surface area contributed by atoms with Crippen molar-refractivity contribution in [3.8, 4) is 6.07 Å². The number of nitrogens with two attached hydrogens (primary N) is 1. The van der Waals surface area contributed by atoms with Crippen LogP contribution in [0.1, 0.15) is 24.5 Å². The van der Waals surface area contributed by atoms with Crippen molar-refractivity contribution < 1.29 is 19.1 Å². The number of amides is 3. The molecule has 8 heteroatoms. The molecule has 8 nitrogen and oxygen atoms in total. The van der Waals surface area contributed by atoms with Crippen LogP contribution in [0, 0.1) is 17.2 Å². The summed E-state index contributed by atoms with van der Waals surface area (Å²) in [5, 5.41) is 14.1. The molecule has 0 heterocycles. The highest BCUT2D eigenvalue weighted by molar-refractivity contribution is 5.90. The summed E-state index contributed by atoms with van der Waals surface area (Å²) in [7, 11) is 0. The van der Waals surface area contributed by atoms with E-state index in [1.807, 2.05) is 66.7 Å². The van der Waals surface area contributed by atoms with Crippen molar-refractivity contribution in [3.63, 3.8) is 0 Å². The second kappa shape index (κ2) is 12.0. The van der Waals surface area contributed by atoms with Crippen molar-refractivity contribution in [3.05, 3.63) is 71.8 Å². The molecule has 3 atom stereocenters. The third kappa shape index (κ3) is 8.19. The maximum Gasteiger partial charge on any atom is 0.408 e. The molecule has 4 N–H and O–H groups in total. The van der Waals surface area contributed by atoms with E-state index in [0.717, 1.165) is 11.1 Å². The standard InChI is InChI=1S/C23H26N4O4/c1-16(14-24)12-19(21(25)28)26-22(29)20(13-17-8-4-2-5-9-17)27-23(30)31-15-18-10-6-3-7-11-18/h2-11,16,19-20H,12-13,15H2,1H3,(H2,25,28)(H,26,29)(H,27,30)/t16-,19+,20-/m0/s1. The lowest BCUT2D eigenvalue weighted by Gasteiger charge is -2.22. The maximum absolute atomic E-state index is 12.9. The molecule has 31 heavy (non-hydrogen) atoms. The highest BCUT2D eigenvalue weighted by Gasteiger charge is 2.27. The first-order valence-electron chi connectivity index (χ1n) is 9.89. The molecule has 0 aliphatic heterocycles. The van der Waals surface area contributed by atoms with Crippen LogP contribution in [0.3, 0.4) is 0 Å². The molecule has 0 fully saturated rings. The second-order valence-electron chi connectivity index (χ2n) is 7.18. The lowest BCUT2D eigenvalue weighted by Crippen LogP contribution is -2.54. The van der Waals surface area contributed by atoms with E-state index < -0.39 is 35.9 Å². The SMILES string of the molecule is C[C@H](C#N)C[C@@H](NC(=O)[C@H](Cc1ccccc1)NC(=O)OCc1ccccc1)C(N)=O. The Morgan fingerprint density at radius 3 is 2.10 bits per heavy atom. The van der Waals surface area contributed by atoms with Gasteiger partial charge >= 0.3 is 6.09 Å². The summed E-state index contributed by atoms with van der Waals surface area (Å²) in [4.78, 5) is 36.9. The van der Waals surface area contributed by atoms with E-state index in [1.54, 1.807) is 6.92 Å². The minimum absolute atomic E-state index is 0.0515. The van der Waals surface area contributed by atoms with Crippen molar-refractivity contribution in [2.24, 2.45) is 11.7 Å². The molecule has 0 spiro atoms. The van der Waals surface area contributed by atoms with Crippen molar-refractivity contribution in [2.45, 2.75) is 38.5 Å². The van der Waals surface area contributed by atoms with Crippen LogP contribution in [-0.4, -0.2) is 30.0 Å². The topological polar surface area (TPSA) is 134 Å². The number of hydrogen-bond donors (Lipinski definition) is 3. The van der Waals surface area contributed by atoms with Crippen LogP contribution in [-0.2, 0) is 27.4 Å². The highest BCUT2D eigenvalue weighted by Crippen LogP contribution is 2.08. The van der Waals surface area contributed by atoms with Crippen LogP contribution in [0.25, 0.3) is 0 Å². The van der Waals surface area contributed by atoms with E-state index in [2.05, 4.69) is 10.6 Å². The largest absolute Gasteiger partial charge is 0.445 e. The maximum atomic E-state index is 12.9. The molecule has 0 aromatic heterocycles. The zero-order valence-electron chi connectivity index (χ0n) is 17.3. The normalized spacial score (nSPS) is 13.2. The van der Waals surface area contributed by atoms with Gasteiger partial charge in [0.05, 0.1) is 6.07 Å². The zero-order valence-corrected chi connectivity index (χ0v) is 17.3. The minimum Gasteiger partial charge on any atom is -0.445 e. The molecule has 2 aromatic rings. The zero-order chi connectivity index (χ0) is 22.6. The van der Waals surface area contributed by atoms with Gasteiger partial charge in [0.2, 0.25) is 11.8 Å². The van der Waals surface area contributed by atoms with Gasteiger partial charge in [-0.3, -0.25) is 9.59 Å². The Balaban J connectivity index is 2.07. The molecule has 0 saturated carbocycles. The van der Waals surface area contributed by atoms with Crippen LogP contribution < -0.4 is 16.4 Å². The van der Waals surface area contributed by atoms with Gasteiger partial charge in [0.25, 0.3) is 0 Å². The monoisotopic (exact) mass is 422 g/mol. The van der Waals surface area contributed by atoms with Crippen LogP contribution >= 0.6 is 0 Å². The van der Waals surface area contributed by atoms with Gasteiger partial charge in [-0.05, 0) is 24.5 Å². The minimum atomic E-state index is -1.03. The van der Waals surface area contributed by atoms with Crippen molar-refractivity contribution in [1.29, 1.82) is 5.26 Å². The average molecular weight is 422 g/mol. The molecule has 162 valence electrons. The molecule has 0 radical (unpaired) electrons. The lowest BCUT2D eigenvalue weighted by atomic mass is 10.0. The number of carbonyl (C=O) groups excluding carboxylic acids is 3. The number of benzene rings is 2. The van der Waals surface area contributed by atoms with Gasteiger partial charge in [-0.25, -0.2) is 4.79 Å². The first kappa shape index (κ1) is 23.4. The number of hydrogen-bond acceptors (Lipinski definition) is 5. The number of ether oxygens (including phenoxy) is 1. The van der Waals surface area contributed by atoms with E-state index in [0.29, 0.717) is 0 Å². The van der Waals surface area contributed by atoms with Gasteiger partial charge in [0, 0.05) is 12.3 Å². The molecule has 0 bridgehead atoms. The summed E-state index contributed by atoms with van der Waals surface area (Å²) in [5.41, 5.74) is 7.00. The Morgan fingerprint density at radius 1 is 0.968 bits per heavy atom. The van der Waals surface area contributed by atoms with Crippen LogP contribution in [0.4, 0.5) is 4.79 Å². The van der Waals surface area contributed by atoms with Crippen molar-refractivity contribution in [2.75, 3.05) is 0 Å². The molecule has 0 saturated heterocycles. The Labute approximate surface area is 181 Å². The van der Waals surface area contributed by atoms with Gasteiger partial charge in [0.1, 0.15) is 18.7 Å². The fourth-order valence-corrected chi connectivity index (χ4v) is 2.89. The number of primary amides is 1. The van der Waals surface area contributed by atoms with E-state index in [9.17, 15) is 14.4 Å². The Morgan fingerprint density at radius 2 is 1.55 bits per heavy atom. The fourth-order valence-electron chi connectivity index (χ4n) is 2.89. The van der Waals surface area contributed by atoms with E-state index in [-0.39, 0.29) is 19.4 Å². The van der Waals surface area contributed by atoms with Crippen molar-refractivity contribution >= 4 is 17.9 Å². The molecular formula is C23H26N4O4. The molecule has 2 aromatic carbocycles. The molecule has 3 amide bonds. The van der Waals surface area contributed by atoms with Gasteiger partial charge in [-0.15, -0.1) is 0 Å². The lowest BCUT2D eigenvalue weighted by molar-refractivity contribution is -0.128. The van der Waals surface area contributed by atoms with E-state index >= 15 is 0 Å². The summed E-state index contributed by atoms with van der Waals surface area (Å²) >= 11 is 0. The Kier molecular flexibility index (Phi) is 9.05. The Bertz CT molecular complexity index is 912. The number of nitrogens with zero attached hydrogens (tertiary/aromatic N) is 1. The highest BCUT2D eigenvalue weighted by atomic mass is 16.5. The second-order valence-corrected chi connectivity index (χ2v) is 7.18. The number of nitriles is 1. The molecule has 2 rings (SSSR count). The average Bonchev–Trinajstić information content (AvgIpc) is 2.78. The molecule has 0 unspecified atom stereocenters. The first-order valence-corrected chi connectivity index (χ1v) is 9.89. The summed E-state index contributed by atoms with van der Waals surface area (Å²) in [5.74, 6) is -1.82. The predicted molar refractivity (Wildman–Crippen MR) is 114 cm³/mol. The number of nitrogens with one attached hydrogen (secondary N) is 2. The van der Waals surface area contributed by atoms with E-state index in [4.69, 9.17) is 15.7 Å². The van der Waals surface area contributed by atoms with Crippen LogP contribution in [0.15, 0.2) is 60.7 Å². The fraction of sp³-hybridized carbons (Fsp3) is 0.304. The quantitative estimate of drug-likeness (QED) is 0.539. The number of carbonyl (C=O) groups is 3. The van der Waals surface area contributed by atoms with Crippen LogP contribution in [0.5, 0.6) is 0 Å². The third-order valence-electron chi connectivity index (χ3n) is 4.57. The summed E-state index contributed by atoms with van der Waals surface area (Å²) in [6, 6.07) is 18.2.